The van der Waals surface area contributed by atoms with Crippen LogP contribution in [0.2, 0.25) is 0 Å². The van der Waals surface area contributed by atoms with Crippen LogP contribution < -0.4 is 0 Å². The summed E-state index contributed by atoms with van der Waals surface area (Å²) in [6.07, 6.45) is 0. The molecule has 0 fully saturated rings. The molecule has 2 rings (SSSR count). The van der Waals surface area contributed by atoms with E-state index in [-0.39, 0.29) is 6.04 Å². The SMILES string of the molecule is Cc1ccc(C(C)n2c(C)cc(C(=O)O)c2C)cc1. The molecule has 1 atom stereocenters. The molecule has 0 amide bonds. The van der Waals surface area contributed by atoms with Crippen molar-refractivity contribution in [2.75, 3.05) is 0 Å². The molecule has 0 aliphatic heterocycles. The normalized spacial score (nSPS) is 12.4. The summed E-state index contributed by atoms with van der Waals surface area (Å²) in [5.74, 6) is -0.865. The summed E-state index contributed by atoms with van der Waals surface area (Å²) in [6.45, 7) is 7.96. The van der Waals surface area contributed by atoms with Gasteiger partial charge in [-0.25, -0.2) is 4.79 Å². The van der Waals surface area contributed by atoms with Gasteiger partial charge in [0.1, 0.15) is 0 Å². The predicted octanol–water partition coefficient (Wildman–Crippen LogP) is 3.72. The summed E-state index contributed by atoms with van der Waals surface area (Å²) < 4.78 is 2.08. The monoisotopic (exact) mass is 257 g/mol. The molecule has 0 radical (unpaired) electrons. The van der Waals surface area contributed by atoms with Crippen molar-refractivity contribution in [3.8, 4) is 0 Å². The first-order valence-electron chi connectivity index (χ1n) is 6.40. The van der Waals surface area contributed by atoms with Crippen LogP contribution in [0.4, 0.5) is 0 Å². The van der Waals surface area contributed by atoms with Crippen LogP contribution in [-0.2, 0) is 0 Å². The molecule has 1 N–H and O–H groups in total. The topological polar surface area (TPSA) is 42.2 Å². The van der Waals surface area contributed by atoms with Crippen LogP contribution in [0.3, 0.4) is 0 Å². The molecule has 1 aromatic heterocycles. The summed E-state index contributed by atoms with van der Waals surface area (Å²) in [4.78, 5) is 11.2. The van der Waals surface area contributed by atoms with Gasteiger partial charge in [0.15, 0.2) is 0 Å². The Morgan fingerprint density at radius 1 is 1.16 bits per heavy atom. The van der Waals surface area contributed by atoms with Crippen molar-refractivity contribution in [3.63, 3.8) is 0 Å². The summed E-state index contributed by atoms with van der Waals surface area (Å²) in [6, 6.07) is 10.2. The van der Waals surface area contributed by atoms with Gasteiger partial charge in [0.25, 0.3) is 0 Å². The van der Waals surface area contributed by atoms with E-state index < -0.39 is 5.97 Å². The Hall–Kier alpha value is -2.03. The fourth-order valence-electron chi connectivity index (χ4n) is 2.58. The van der Waals surface area contributed by atoms with E-state index in [0.717, 1.165) is 11.4 Å². The Bertz CT molecular complexity index is 608. The van der Waals surface area contributed by atoms with Crippen molar-refractivity contribution >= 4 is 5.97 Å². The third-order valence-electron chi connectivity index (χ3n) is 3.66. The Labute approximate surface area is 113 Å². The van der Waals surface area contributed by atoms with E-state index in [1.165, 1.54) is 11.1 Å². The minimum absolute atomic E-state index is 0.133. The largest absolute Gasteiger partial charge is 0.478 e. The number of carboxylic acids is 1. The first-order valence-corrected chi connectivity index (χ1v) is 6.40. The lowest BCUT2D eigenvalue weighted by Gasteiger charge is -2.19. The number of hydrogen-bond acceptors (Lipinski definition) is 1. The van der Waals surface area contributed by atoms with E-state index in [1.54, 1.807) is 6.07 Å². The van der Waals surface area contributed by atoms with Gasteiger partial charge in [0, 0.05) is 11.4 Å². The highest BCUT2D eigenvalue weighted by Gasteiger charge is 2.18. The molecule has 1 heterocycles. The molecule has 2 aromatic rings. The predicted molar refractivity (Wildman–Crippen MR) is 75.9 cm³/mol. The molecule has 0 aliphatic rings. The lowest BCUT2D eigenvalue weighted by molar-refractivity contribution is 0.0696. The fourth-order valence-corrected chi connectivity index (χ4v) is 2.58. The van der Waals surface area contributed by atoms with Gasteiger partial charge in [-0.3, -0.25) is 0 Å². The Kier molecular flexibility index (Phi) is 3.47. The van der Waals surface area contributed by atoms with E-state index >= 15 is 0 Å². The van der Waals surface area contributed by atoms with Crippen LogP contribution in [0.15, 0.2) is 30.3 Å². The zero-order valence-electron chi connectivity index (χ0n) is 11.8. The first-order chi connectivity index (χ1) is 8.91. The van der Waals surface area contributed by atoms with Gasteiger partial charge in [0.05, 0.1) is 11.6 Å². The Morgan fingerprint density at radius 2 is 1.74 bits per heavy atom. The van der Waals surface area contributed by atoms with Gasteiger partial charge >= 0.3 is 5.97 Å². The van der Waals surface area contributed by atoms with Crippen molar-refractivity contribution in [2.45, 2.75) is 33.7 Å². The van der Waals surface area contributed by atoms with Crippen LogP contribution in [0.25, 0.3) is 0 Å². The van der Waals surface area contributed by atoms with Crippen LogP contribution in [-0.4, -0.2) is 15.6 Å². The number of carbonyl (C=O) groups is 1. The first kappa shape index (κ1) is 13.4. The van der Waals surface area contributed by atoms with Gasteiger partial charge in [-0.15, -0.1) is 0 Å². The average molecular weight is 257 g/mol. The Balaban J connectivity index is 2.47. The van der Waals surface area contributed by atoms with Crippen LogP contribution in [0.1, 0.15) is 45.8 Å². The van der Waals surface area contributed by atoms with E-state index in [9.17, 15) is 9.90 Å². The number of rotatable bonds is 3. The molecule has 0 aliphatic carbocycles. The summed E-state index contributed by atoms with van der Waals surface area (Å²) in [5, 5.41) is 9.18. The number of aromatic carboxylic acids is 1. The fraction of sp³-hybridized carbons (Fsp3) is 0.312. The molecule has 0 saturated carbocycles. The number of hydrogen-bond donors (Lipinski definition) is 1. The highest BCUT2D eigenvalue weighted by molar-refractivity contribution is 5.89. The smallest absolute Gasteiger partial charge is 0.337 e. The van der Waals surface area contributed by atoms with E-state index in [0.29, 0.717) is 5.56 Å². The van der Waals surface area contributed by atoms with E-state index in [1.807, 2.05) is 13.8 Å². The molecular formula is C16H19NO2. The lowest BCUT2D eigenvalue weighted by Crippen LogP contribution is -2.11. The molecule has 100 valence electrons. The summed E-state index contributed by atoms with van der Waals surface area (Å²) >= 11 is 0. The highest BCUT2D eigenvalue weighted by Crippen LogP contribution is 2.25. The minimum Gasteiger partial charge on any atom is -0.478 e. The van der Waals surface area contributed by atoms with Gasteiger partial charge < -0.3 is 9.67 Å². The number of nitrogens with zero attached hydrogens (tertiary/aromatic N) is 1. The second-order valence-corrected chi connectivity index (χ2v) is 5.05. The van der Waals surface area contributed by atoms with E-state index in [2.05, 4.69) is 42.7 Å². The van der Waals surface area contributed by atoms with Crippen molar-refractivity contribution in [1.82, 2.24) is 4.57 Å². The van der Waals surface area contributed by atoms with E-state index in [4.69, 9.17) is 0 Å². The van der Waals surface area contributed by atoms with Crippen molar-refractivity contribution in [3.05, 3.63) is 58.4 Å². The minimum atomic E-state index is -0.865. The van der Waals surface area contributed by atoms with Crippen LogP contribution in [0.5, 0.6) is 0 Å². The zero-order chi connectivity index (χ0) is 14.2. The summed E-state index contributed by atoms with van der Waals surface area (Å²) in [5.41, 5.74) is 4.57. The van der Waals surface area contributed by atoms with Gasteiger partial charge in [-0.2, -0.15) is 0 Å². The van der Waals surface area contributed by atoms with Crippen LogP contribution >= 0.6 is 0 Å². The maximum absolute atomic E-state index is 11.2. The number of carboxylic acid groups (broad SMARTS) is 1. The molecule has 0 saturated heterocycles. The molecule has 1 aromatic carbocycles. The quantitative estimate of drug-likeness (QED) is 0.910. The van der Waals surface area contributed by atoms with Crippen molar-refractivity contribution in [2.24, 2.45) is 0 Å². The number of aryl methyl sites for hydroxylation is 2. The second-order valence-electron chi connectivity index (χ2n) is 5.05. The third kappa shape index (κ3) is 2.41. The Morgan fingerprint density at radius 3 is 2.21 bits per heavy atom. The molecule has 0 bridgehead atoms. The molecule has 0 spiro atoms. The van der Waals surface area contributed by atoms with Gasteiger partial charge in [-0.1, -0.05) is 29.8 Å². The van der Waals surface area contributed by atoms with Gasteiger partial charge in [-0.05, 0) is 39.3 Å². The van der Waals surface area contributed by atoms with Crippen molar-refractivity contribution in [1.29, 1.82) is 0 Å². The molecule has 3 nitrogen and oxygen atoms in total. The molecule has 1 unspecified atom stereocenters. The van der Waals surface area contributed by atoms with Crippen molar-refractivity contribution < 1.29 is 9.90 Å². The molecule has 19 heavy (non-hydrogen) atoms. The molecular weight excluding hydrogens is 238 g/mol. The average Bonchev–Trinajstić information content (AvgIpc) is 2.65. The van der Waals surface area contributed by atoms with Gasteiger partial charge in [0.2, 0.25) is 0 Å². The second kappa shape index (κ2) is 4.92. The maximum Gasteiger partial charge on any atom is 0.337 e. The maximum atomic E-state index is 11.2. The number of benzene rings is 1. The molecule has 3 heteroatoms. The standard InChI is InChI=1S/C16H19NO2/c1-10-5-7-14(8-6-10)12(3)17-11(2)9-15(13(17)4)16(18)19/h5-9,12H,1-4H3,(H,18,19). The van der Waals surface area contributed by atoms with Crippen LogP contribution in [0, 0.1) is 20.8 Å². The lowest BCUT2D eigenvalue weighted by atomic mass is 10.1. The highest BCUT2D eigenvalue weighted by atomic mass is 16.4. The summed E-state index contributed by atoms with van der Waals surface area (Å²) in [7, 11) is 0. The zero-order valence-corrected chi connectivity index (χ0v) is 11.8. The number of aromatic nitrogens is 1. The third-order valence-corrected chi connectivity index (χ3v) is 3.66.